The van der Waals surface area contributed by atoms with Crippen molar-refractivity contribution in [2.75, 3.05) is 20.2 Å². The summed E-state index contributed by atoms with van der Waals surface area (Å²) in [6, 6.07) is 3.69. The van der Waals surface area contributed by atoms with Crippen molar-refractivity contribution in [1.82, 2.24) is 4.90 Å². The van der Waals surface area contributed by atoms with E-state index in [1.165, 1.54) is 24.1 Å². The van der Waals surface area contributed by atoms with Crippen LogP contribution in [0.5, 0.6) is 0 Å². The first-order chi connectivity index (χ1) is 9.88. The second kappa shape index (κ2) is 7.58. The van der Waals surface area contributed by atoms with Crippen molar-refractivity contribution < 1.29 is 19.2 Å². The van der Waals surface area contributed by atoms with Gasteiger partial charge >= 0.3 is 5.97 Å². The molecule has 0 aromatic heterocycles. The average Bonchev–Trinajstić information content (AvgIpc) is 2.46. The molecule has 0 aliphatic carbocycles. The fraction of sp³-hybridized carbons (Fsp3) is 0.385. The van der Waals surface area contributed by atoms with E-state index < -0.39 is 16.8 Å². The van der Waals surface area contributed by atoms with Crippen molar-refractivity contribution in [2.45, 2.75) is 13.3 Å². The van der Waals surface area contributed by atoms with E-state index in [-0.39, 0.29) is 29.2 Å². The zero-order valence-electron chi connectivity index (χ0n) is 11.7. The maximum absolute atomic E-state index is 12.3. The van der Waals surface area contributed by atoms with Crippen LogP contribution in [0.1, 0.15) is 23.7 Å². The molecule has 0 unspecified atom stereocenters. The SMILES string of the molecule is CCN(CCC(=O)OC)C(=O)c1cc(Cl)cc([N+](=O)[O-])c1. The lowest BCUT2D eigenvalue weighted by molar-refractivity contribution is -0.384. The zero-order chi connectivity index (χ0) is 16.0. The molecule has 1 amide bonds. The Hall–Kier alpha value is -2.15. The number of benzene rings is 1. The third kappa shape index (κ3) is 4.71. The monoisotopic (exact) mass is 314 g/mol. The van der Waals surface area contributed by atoms with Crippen molar-refractivity contribution in [1.29, 1.82) is 0 Å². The number of hydrogen-bond donors (Lipinski definition) is 0. The highest BCUT2D eigenvalue weighted by Gasteiger charge is 2.19. The Bertz CT molecular complexity index is 561. The summed E-state index contributed by atoms with van der Waals surface area (Å²) in [6.45, 7) is 2.27. The number of carbonyl (C=O) groups is 2. The highest BCUT2D eigenvalue weighted by atomic mass is 35.5. The summed E-state index contributed by atoms with van der Waals surface area (Å²) in [5, 5.41) is 10.9. The van der Waals surface area contributed by atoms with Gasteiger partial charge in [-0.3, -0.25) is 19.7 Å². The van der Waals surface area contributed by atoms with Gasteiger partial charge in [0.15, 0.2) is 0 Å². The summed E-state index contributed by atoms with van der Waals surface area (Å²) in [4.78, 5) is 35.0. The molecule has 0 heterocycles. The second-order valence-electron chi connectivity index (χ2n) is 4.17. The van der Waals surface area contributed by atoms with E-state index in [9.17, 15) is 19.7 Å². The smallest absolute Gasteiger partial charge is 0.307 e. The Kier molecular flexibility index (Phi) is 6.10. The minimum Gasteiger partial charge on any atom is -0.469 e. The Morgan fingerprint density at radius 2 is 2.05 bits per heavy atom. The Morgan fingerprint density at radius 3 is 2.57 bits per heavy atom. The topological polar surface area (TPSA) is 89.8 Å². The number of nitro groups is 1. The summed E-state index contributed by atoms with van der Waals surface area (Å²) < 4.78 is 4.51. The minimum absolute atomic E-state index is 0.0543. The molecule has 0 N–H and O–H groups in total. The van der Waals surface area contributed by atoms with E-state index in [0.29, 0.717) is 6.54 Å². The number of non-ortho nitro benzene ring substituents is 1. The summed E-state index contributed by atoms with van der Waals surface area (Å²) in [6.07, 6.45) is 0.0543. The summed E-state index contributed by atoms with van der Waals surface area (Å²) in [7, 11) is 1.26. The normalized spacial score (nSPS) is 10.0. The molecule has 21 heavy (non-hydrogen) atoms. The molecule has 0 spiro atoms. The predicted octanol–water partition coefficient (Wildman–Crippen LogP) is 2.27. The number of ether oxygens (including phenoxy) is 1. The lowest BCUT2D eigenvalue weighted by Crippen LogP contribution is -2.33. The molecule has 114 valence electrons. The largest absolute Gasteiger partial charge is 0.469 e. The molecule has 0 aliphatic heterocycles. The van der Waals surface area contributed by atoms with E-state index in [4.69, 9.17) is 11.6 Å². The van der Waals surface area contributed by atoms with Gasteiger partial charge in [-0.15, -0.1) is 0 Å². The maximum Gasteiger partial charge on any atom is 0.307 e. The fourth-order valence-corrected chi connectivity index (χ4v) is 1.95. The Morgan fingerprint density at radius 1 is 1.38 bits per heavy atom. The molecule has 0 saturated carbocycles. The minimum atomic E-state index is -0.618. The van der Waals surface area contributed by atoms with Crippen LogP contribution in [0.3, 0.4) is 0 Å². The zero-order valence-corrected chi connectivity index (χ0v) is 12.4. The van der Waals surface area contributed by atoms with Crippen LogP contribution in [-0.4, -0.2) is 41.9 Å². The highest BCUT2D eigenvalue weighted by molar-refractivity contribution is 6.31. The Labute approximate surface area is 126 Å². The number of hydrogen-bond acceptors (Lipinski definition) is 5. The van der Waals surface area contributed by atoms with Crippen LogP contribution in [-0.2, 0) is 9.53 Å². The van der Waals surface area contributed by atoms with Gasteiger partial charge in [0.25, 0.3) is 11.6 Å². The predicted molar refractivity (Wildman–Crippen MR) is 76.3 cm³/mol. The van der Waals surface area contributed by atoms with Crippen LogP contribution < -0.4 is 0 Å². The standard InChI is InChI=1S/C13H15ClN2O5/c1-3-15(5-4-12(17)21-2)13(18)9-6-10(14)8-11(7-9)16(19)20/h6-8H,3-5H2,1-2H3. The molecule has 0 bridgehead atoms. The van der Waals surface area contributed by atoms with Crippen molar-refractivity contribution >= 4 is 29.2 Å². The van der Waals surface area contributed by atoms with Crippen molar-refractivity contribution in [2.24, 2.45) is 0 Å². The second-order valence-corrected chi connectivity index (χ2v) is 4.60. The number of amides is 1. The lowest BCUT2D eigenvalue weighted by atomic mass is 10.1. The number of nitrogens with zero attached hydrogens (tertiary/aromatic N) is 2. The van der Waals surface area contributed by atoms with Gasteiger partial charge in [-0.1, -0.05) is 11.6 Å². The number of rotatable bonds is 6. The van der Waals surface area contributed by atoms with Crippen LogP contribution in [0.2, 0.25) is 5.02 Å². The average molecular weight is 315 g/mol. The van der Waals surface area contributed by atoms with E-state index in [1.54, 1.807) is 6.92 Å². The number of nitro benzene ring substituents is 1. The molecule has 0 radical (unpaired) electrons. The molecule has 7 nitrogen and oxygen atoms in total. The van der Waals surface area contributed by atoms with Gasteiger partial charge in [0.1, 0.15) is 0 Å². The van der Waals surface area contributed by atoms with Crippen molar-refractivity contribution in [3.8, 4) is 0 Å². The van der Waals surface area contributed by atoms with Gasteiger partial charge in [0.2, 0.25) is 0 Å². The van der Waals surface area contributed by atoms with Gasteiger partial charge < -0.3 is 9.64 Å². The first-order valence-electron chi connectivity index (χ1n) is 6.20. The highest BCUT2D eigenvalue weighted by Crippen LogP contribution is 2.22. The molecule has 8 heteroatoms. The van der Waals surface area contributed by atoms with Gasteiger partial charge in [-0.05, 0) is 13.0 Å². The Balaban J connectivity index is 2.94. The van der Waals surface area contributed by atoms with Gasteiger partial charge in [0.05, 0.1) is 18.5 Å². The molecular weight excluding hydrogens is 300 g/mol. The number of esters is 1. The molecule has 0 aliphatic rings. The van der Waals surface area contributed by atoms with Crippen molar-refractivity contribution in [3.63, 3.8) is 0 Å². The summed E-state index contributed by atoms with van der Waals surface area (Å²) in [5.74, 6) is -0.856. The first kappa shape index (κ1) is 16.9. The first-order valence-corrected chi connectivity index (χ1v) is 6.58. The van der Waals surface area contributed by atoms with Crippen molar-refractivity contribution in [3.05, 3.63) is 38.9 Å². The molecule has 1 rings (SSSR count). The van der Waals surface area contributed by atoms with Crippen LogP contribution in [0.15, 0.2) is 18.2 Å². The van der Waals surface area contributed by atoms with Gasteiger partial charge in [-0.25, -0.2) is 0 Å². The lowest BCUT2D eigenvalue weighted by Gasteiger charge is -2.20. The molecule has 0 saturated heterocycles. The molecule has 0 atom stereocenters. The fourth-order valence-electron chi connectivity index (χ4n) is 1.72. The van der Waals surface area contributed by atoms with Crippen LogP contribution in [0.4, 0.5) is 5.69 Å². The van der Waals surface area contributed by atoms with E-state index >= 15 is 0 Å². The number of methoxy groups -OCH3 is 1. The maximum atomic E-state index is 12.3. The van der Waals surface area contributed by atoms with E-state index in [2.05, 4.69) is 4.74 Å². The summed E-state index contributed by atoms with van der Waals surface area (Å²) >= 11 is 5.79. The molecular formula is C13H15ClN2O5. The third-order valence-electron chi connectivity index (χ3n) is 2.82. The van der Waals surface area contributed by atoms with Crippen LogP contribution in [0.25, 0.3) is 0 Å². The quantitative estimate of drug-likeness (QED) is 0.456. The van der Waals surface area contributed by atoms with E-state index in [1.807, 2.05) is 0 Å². The number of carbonyl (C=O) groups excluding carboxylic acids is 2. The third-order valence-corrected chi connectivity index (χ3v) is 3.04. The molecule has 1 aromatic rings. The van der Waals surface area contributed by atoms with Gasteiger partial charge in [0, 0.05) is 35.8 Å². The van der Waals surface area contributed by atoms with Crippen LogP contribution >= 0.6 is 11.6 Å². The van der Waals surface area contributed by atoms with Crippen LogP contribution in [0, 0.1) is 10.1 Å². The molecule has 1 aromatic carbocycles. The summed E-state index contributed by atoms with van der Waals surface area (Å²) in [5.41, 5.74) is -0.143. The van der Waals surface area contributed by atoms with E-state index in [0.717, 1.165) is 6.07 Å². The molecule has 0 fully saturated rings. The number of halogens is 1. The van der Waals surface area contributed by atoms with Gasteiger partial charge in [-0.2, -0.15) is 0 Å².